The maximum Gasteiger partial charge on any atom is 0.405 e. The predicted octanol–water partition coefficient (Wildman–Crippen LogP) is 2.12. The van der Waals surface area contributed by atoms with E-state index in [2.05, 4.69) is 10.3 Å². The summed E-state index contributed by atoms with van der Waals surface area (Å²) in [6, 6.07) is 0. The van der Waals surface area contributed by atoms with E-state index in [1.54, 1.807) is 0 Å². The molecule has 1 atom stereocenters. The fourth-order valence-electron chi connectivity index (χ4n) is 1.28. The Morgan fingerprint density at radius 2 is 2.12 bits per heavy atom. The largest absolute Gasteiger partial charge is 0.476 e. The van der Waals surface area contributed by atoms with Crippen LogP contribution >= 0.6 is 11.3 Å². The smallest absolute Gasteiger partial charge is 0.405 e. The van der Waals surface area contributed by atoms with Gasteiger partial charge in [0.05, 0.1) is 6.54 Å². The first-order valence-electron chi connectivity index (χ1n) is 5.15. The van der Waals surface area contributed by atoms with Gasteiger partial charge in [-0.15, -0.1) is 11.3 Å². The highest BCUT2D eigenvalue weighted by atomic mass is 32.1. The molecular formula is C10H14N2O4S. The van der Waals surface area contributed by atoms with Crippen LogP contribution in [-0.2, 0) is 6.54 Å². The van der Waals surface area contributed by atoms with Crippen LogP contribution < -0.4 is 5.32 Å². The Morgan fingerprint density at radius 1 is 1.47 bits per heavy atom. The number of nitrogens with zero attached hydrogens (tertiary/aromatic N) is 1. The van der Waals surface area contributed by atoms with Crippen LogP contribution in [0.1, 0.15) is 46.6 Å². The number of rotatable bonds is 5. The fourth-order valence-corrected chi connectivity index (χ4v) is 2.41. The summed E-state index contributed by atoms with van der Waals surface area (Å²) in [6.45, 7) is 3.93. The molecule has 0 saturated heterocycles. The van der Waals surface area contributed by atoms with Crippen molar-refractivity contribution in [3.8, 4) is 0 Å². The van der Waals surface area contributed by atoms with Gasteiger partial charge in [-0.1, -0.05) is 13.8 Å². The highest BCUT2D eigenvalue weighted by molar-refractivity contribution is 7.12. The molecule has 0 aliphatic rings. The topological polar surface area (TPSA) is 99.5 Å². The molecule has 1 unspecified atom stereocenters. The van der Waals surface area contributed by atoms with Gasteiger partial charge in [0.25, 0.3) is 0 Å². The van der Waals surface area contributed by atoms with Crippen molar-refractivity contribution in [3.63, 3.8) is 0 Å². The first-order valence-corrected chi connectivity index (χ1v) is 5.97. The minimum atomic E-state index is -1.15. The highest BCUT2D eigenvalue weighted by Gasteiger charge is 2.20. The first kappa shape index (κ1) is 13.4. The number of nitrogens with one attached hydrogen (secondary N) is 1. The van der Waals surface area contributed by atoms with Crippen molar-refractivity contribution in [2.45, 2.75) is 32.7 Å². The van der Waals surface area contributed by atoms with E-state index in [1.807, 2.05) is 13.8 Å². The van der Waals surface area contributed by atoms with Gasteiger partial charge in [-0.2, -0.15) is 0 Å². The number of hydrogen-bond donors (Lipinski definition) is 3. The maximum absolute atomic E-state index is 11.0. The Labute approximate surface area is 102 Å². The van der Waals surface area contributed by atoms with Crippen LogP contribution in [0.2, 0.25) is 0 Å². The molecule has 1 aromatic heterocycles. The van der Waals surface area contributed by atoms with Gasteiger partial charge in [-0.3, -0.25) is 0 Å². The standard InChI is InChI=1S/C10H14N2O4S/c1-3-5(2)8-7(9(13)14)12-6(17-8)4-11-10(15)16/h5,11H,3-4H2,1-2H3,(H,13,14)(H,15,16). The van der Waals surface area contributed by atoms with Crippen molar-refractivity contribution in [2.24, 2.45) is 0 Å². The van der Waals surface area contributed by atoms with Crippen molar-refractivity contribution in [1.29, 1.82) is 0 Å². The van der Waals surface area contributed by atoms with Gasteiger partial charge in [0.15, 0.2) is 5.69 Å². The second-order valence-corrected chi connectivity index (χ2v) is 4.71. The first-order chi connectivity index (χ1) is 7.95. The van der Waals surface area contributed by atoms with E-state index in [4.69, 9.17) is 10.2 Å². The van der Waals surface area contributed by atoms with Crippen LogP contribution in [0.15, 0.2) is 0 Å². The molecule has 17 heavy (non-hydrogen) atoms. The van der Waals surface area contributed by atoms with E-state index in [0.29, 0.717) is 9.88 Å². The molecule has 1 aromatic rings. The van der Waals surface area contributed by atoms with Gasteiger partial charge in [-0.25, -0.2) is 14.6 Å². The average Bonchev–Trinajstić information content (AvgIpc) is 2.69. The van der Waals surface area contributed by atoms with E-state index in [0.717, 1.165) is 6.42 Å². The monoisotopic (exact) mass is 258 g/mol. The molecule has 94 valence electrons. The van der Waals surface area contributed by atoms with Gasteiger partial charge in [-0.05, 0) is 12.3 Å². The van der Waals surface area contributed by atoms with Gasteiger partial charge < -0.3 is 15.5 Å². The third-order valence-electron chi connectivity index (χ3n) is 2.35. The highest BCUT2D eigenvalue weighted by Crippen LogP contribution is 2.29. The van der Waals surface area contributed by atoms with Gasteiger partial charge in [0.1, 0.15) is 5.01 Å². The molecule has 6 nitrogen and oxygen atoms in total. The molecule has 0 aromatic carbocycles. The number of carbonyl (C=O) groups is 2. The molecule has 0 spiro atoms. The number of hydrogen-bond acceptors (Lipinski definition) is 4. The Hall–Kier alpha value is -1.63. The molecule has 3 N–H and O–H groups in total. The Balaban J connectivity index is 2.95. The number of carboxylic acids is 1. The number of amides is 1. The van der Waals surface area contributed by atoms with Crippen molar-refractivity contribution in [2.75, 3.05) is 0 Å². The lowest BCUT2D eigenvalue weighted by molar-refractivity contribution is 0.0689. The molecule has 1 amide bonds. The molecule has 0 radical (unpaired) electrons. The van der Waals surface area contributed by atoms with E-state index in [1.165, 1.54) is 11.3 Å². The zero-order valence-electron chi connectivity index (χ0n) is 9.56. The second-order valence-electron chi connectivity index (χ2n) is 3.59. The van der Waals surface area contributed by atoms with Gasteiger partial charge in [0.2, 0.25) is 0 Å². The van der Waals surface area contributed by atoms with Crippen molar-refractivity contribution >= 4 is 23.4 Å². The summed E-state index contributed by atoms with van der Waals surface area (Å²) in [7, 11) is 0. The minimum absolute atomic E-state index is 0.0338. The number of aromatic carboxylic acids is 1. The summed E-state index contributed by atoms with van der Waals surface area (Å²) in [6.07, 6.45) is -0.337. The van der Waals surface area contributed by atoms with Crippen LogP contribution in [0.3, 0.4) is 0 Å². The maximum atomic E-state index is 11.0. The van der Waals surface area contributed by atoms with Crippen molar-refractivity contribution in [1.82, 2.24) is 10.3 Å². The molecule has 0 saturated carbocycles. The quantitative estimate of drug-likeness (QED) is 0.751. The summed E-state index contributed by atoms with van der Waals surface area (Å²) in [4.78, 5) is 26.0. The Kier molecular flexibility index (Phi) is 4.45. The van der Waals surface area contributed by atoms with Gasteiger partial charge in [0, 0.05) is 4.88 Å². The molecule has 0 bridgehead atoms. The number of carboxylic acid groups (broad SMARTS) is 2. The number of aromatic nitrogens is 1. The summed E-state index contributed by atoms with van der Waals surface area (Å²) in [5.41, 5.74) is 0.0338. The Bertz CT molecular complexity index is 430. The average molecular weight is 258 g/mol. The summed E-state index contributed by atoms with van der Waals surface area (Å²) in [5, 5.41) is 20.1. The lowest BCUT2D eigenvalue weighted by Crippen LogP contribution is -2.19. The van der Waals surface area contributed by atoms with Crippen LogP contribution in [0.4, 0.5) is 4.79 Å². The molecule has 1 rings (SSSR count). The third-order valence-corrected chi connectivity index (χ3v) is 3.64. The zero-order chi connectivity index (χ0) is 13.0. The minimum Gasteiger partial charge on any atom is -0.476 e. The summed E-state index contributed by atoms with van der Waals surface area (Å²) < 4.78 is 0. The second kappa shape index (κ2) is 5.62. The molecular weight excluding hydrogens is 244 g/mol. The Morgan fingerprint density at radius 3 is 2.59 bits per heavy atom. The molecule has 0 aliphatic carbocycles. The molecule has 0 aliphatic heterocycles. The molecule has 1 heterocycles. The molecule has 7 heteroatoms. The van der Waals surface area contributed by atoms with Crippen LogP contribution in [0, 0.1) is 0 Å². The van der Waals surface area contributed by atoms with Crippen molar-refractivity contribution in [3.05, 3.63) is 15.6 Å². The zero-order valence-corrected chi connectivity index (χ0v) is 10.4. The van der Waals surface area contributed by atoms with E-state index < -0.39 is 12.1 Å². The third kappa shape index (κ3) is 3.42. The lowest BCUT2D eigenvalue weighted by atomic mass is 10.1. The number of thiazole rings is 1. The normalized spacial score (nSPS) is 12.1. The van der Waals surface area contributed by atoms with Crippen molar-refractivity contribution < 1.29 is 19.8 Å². The van der Waals surface area contributed by atoms with Crippen LogP contribution in [0.25, 0.3) is 0 Å². The summed E-state index contributed by atoms with van der Waals surface area (Å²) >= 11 is 1.24. The predicted molar refractivity (Wildman–Crippen MR) is 62.6 cm³/mol. The van der Waals surface area contributed by atoms with E-state index >= 15 is 0 Å². The van der Waals surface area contributed by atoms with Gasteiger partial charge >= 0.3 is 12.1 Å². The van der Waals surface area contributed by atoms with E-state index in [9.17, 15) is 9.59 Å². The van der Waals surface area contributed by atoms with E-state index in [-0.39, 0.29) is 18.2 Å². The molecule has 0 fully saturated rings. The lowest BCUT2D eigenvalue weighted by Gasteiger charge is -2.04. The summed E-state index contributed by atoms with van der Waals surface area (Å²) in [5.74, 6) is -0.963. The SMILES string of the molecule is CCC(C)c1sc(CNC(=O)O)nc1C(=O)O. The van der Waals surface area contributed by atoms with Crippen LogP contribution in [-0.4, -0.2) is 27.3 Å². The van der Waals surface area contributed by atoms with Crippen LogP contribution in [0.5, 0.6) is 0 Å². The fraction of sp³-hybridized carbons (Fsp3) is 0.500.